The highest BCUT2D eigenvalue weighted by atomic mass is 32.2. The van der Waals surface area contributed by atoms with Crippen LogP contribution in [0.3, 0.4) is 0 Å². The summed E-state index contributed by atoms with van der Waals surface area (Å²) >= 11 is 0. The zero-order chi connectivity index (χ0) is 26.3. The number of aryl methyl sites for hydroxylation is 1. The van der Waals surface area contributed by atoms with Crippen LogP contribution < -0.4 is 9.62 Å². The van der Waals surface area contributed by atoms with E-state index in [4.69, 9.17) is 0 Å². The second kappa shape index (κ2) is 12.0. The third-order valence-corrected chi connectivity index (χ3v) is 7.27. The molecule has 0 aliphatic heterocycles. The summed E-state index contributed by atoms with van der Waals surface area (Å²) in [4.78, 5) is 28.1. The Labute approximate surface area is 214 Å². The van der Waals surface area contributed by atoms with Gasteiger partial charge in [0.1, 0.15) is 12.6 Å². The minimum absolute atomic E-state index is 0.190. The number of anilines is 1. The van der Waals surface area contributed by atoms with E-state index in [-0.39, 0.29) is 12.5 Å². The molecule has 0 bridgehead atoms. The van der Waals surface area contributed by atoms with Crippen molar-refractivity contribution >= 4 is 38.3 Å². The van der Waals surface area contributed by atoms with Crippen molar-refractivity contribution < 1.29 is 18.0 Å². The number of benzene rings is 3. The second-order valence-electron chi connectivity index (χ2n) is 9.10. The van der Waals surface area contributed by atoms with Crippen LogP contribution in [0, 0.1) is 6.92 Å². The van der Waals surface area contributed by atoms with Crippen molar-refractivity contribution in [3.8, 4) is 0 Å². The molecule has 0 fully saturated rings. The summed E-state index contributed by atoms with van der Waals surface area (Å²) in [5, 5.41) is 4.49. The Balaban J connectivity index is 1.96. The first kappa shape index (κ1) is 27.2. The molecule has 0 aromatic heterocycles. The van der Waals surface area contributed by atoms with Crippen LogP contribution >= 0.6 is 0 Å². The van der Waals surface area contributed by atoms with E-state index in [1.807, 2.05) is 68.4 Å². The first-order valence-corrected chi connectivity index (χ1v) is 14.0. The molecule has 0 spiro atoms. The number of nitrogens with zero attached hydrogens (tertiary/aromatic N) is 2. The number of unbranched alkanes of at least 4 members (excludes halogenated alkanes) is 1. The van der Waals surface area contributed by atoms with Gasteiger partial charge in [0.15, 0.2) is 0 Å². The molecule has 3 rings (SSSR count). The van der Waals surface area contributed by atoms with E-state index in [1.54, 1.807) is 19.1 Å². The summed E-state index contributed by atoms with van der Waals surface area (Å²) in [7, 11) is -3.80. The van der Waals surface area contributed by atoms with Gasteiger partial charge in [0.2, 0.25) is 21.8 Å². The average molecular weight is 510 g/mol. The number of carbonyl (C=O) groups is 2. The summed E-state index contributed by atoms with van der Waals surface area (Å²) in [6.45, 7) is 5.98. The third-order valence-electron chi connectivity index (χ3n) is 6.15. The van der Waals surface area contributed by atoms with E-state index in [2.05, 4.69) is 5.32 Å². The minimum Gasteiger partial charge on any atom is -0.354 e. The fourth-order valence-electron chi connectivity index (χ4n) is 4.15. The van der Waals surface area contributed by atoms with Crippen molar-refractivity contribution in [1.82, 2.24) is 10.2 Å². The predicted molar refractivity (Wildman–Crippen MR) is 145 cm³/mol. The Bertz CT molecular complexity index is 1320. The van der Waals surface area contributed by atoms with Gasteiger partial charge in [0.25, 0.3) is 0 Å². The van der Waals surface area contributed by atoms with Gasteiger partial charge >= 0.3 is 0 Å². The molecular formula is C28H35N3O4S. The molecule has 36 heavy (non-hydrogen) atoms. The molecule has 2 amide bonds. The Morgan fingerprint density at radius 3 is 2.39 bits per heavy atom. The molecule has 0 aliphatic rings. The van der Waals surface area contributed by atoms with E-state index in [1.165, 1.54) is 4.90 Å². The van der Waals surface area contributed by atoms with Gasteiger partial charge in [-0.3, -0.25) is 13.9 Å². The molecule has 3 aromatic rings. The van der Waals surface area contributed by atoms with Crippen molar-refractivity contribution in [1.29, 1.82) is 0 Å². The smallest absolute Gasteiger partial charge is 0.244 e. The number of carbonyl (C=O) groups excluding carboxylic acids is 2. The molecule has 1 atom stereocenters. The molecule has 0 aliphatic carbocycles. The van der Waals surface area contributed by atoms with Gasteiger partial charge in [-0.15, -0.1) is 0 Å². The van der Waals surface area contributed by atoms with Crippen LogP contribution in [0.4, 0.5) is 5.69 Å². The maximum absolute atomic E-state index is 13.7. The van der Waals surface area contributed by atoms with Gasteiger partial charge in [-0.1, -0.05) is 79.6 Å². The molecule has 7 nitrogen and oxygen atoms in total. The highest BCUT2D eigenvalue weighted by molar-refractivity contribution is 7.92. The van der Waals surface area contributed by atoms with Gasteiger partial charge in [0, 0.05) is 18.5 Å². The molecule has 192 valence electrons. The topological polar surface area (TPSA) is 86.8 Å². The monoisotopic (exact) mass is 509 g/mol. The van der Waals surface area contributed by atoms with Gasteiger partial charge < -0.3 is 10.2 Å². The normalized spacial score (nSPS) is 12.2. The molecule has 0 saturated heterocycles. The van der Waals surface area contributed by atoms with E-state index in [9.17, 15) is 18.0 Å². The quantitative estimate of drug-likeness (QED) is 0.392. The van der Waals surface area contributed by atoms with Crippen LogP contribution in [0.1, 0.15) is 37.8 Å². The summed E-state index contributed by atoms with van der Waals surface area (Å²) in [6.07, 6.45) is 2.87. The maximum Gasteiger partial charge on any atom is 0.244 e. The van der Waals surface area contributed by atoms with Crippen molar-refractivity contribution in [2.45, 2.75) is 46.2 Å². The zero-order valence-corrected chi connectivity index (χ0v) is 22.2. The van der Waals surface area contributed by atoms with E-state index < -0.39 is 28.5 Å². The second-order valence-corrected chi connectivity index (χ2v) is 11.0. The summed E-state index contributed by atoms with van der Waals surface area (Å²) in [5.41, 5.74) is 2.33. The molecular weight excluding hydrogens is 474 g/mol. The van der Waals surface area contributed by atoms with Crippen LogP contribution in [-0.4, -0.2) is 50.5 Å². The number of sulfonamides is 1. The van der Waals surface area contributed by atoms with Crippen molar-refractivity contribution in [2.75, 3.05) is 23.7 Å². The highest BCUT2D eigenvalue weighted by Gasteiger charge is 2.30. The highest BCUT2D eigenvalue weighted by Crippen LogP contribution is 2.28. The maximum atomic E-state index is 13.7. The van der Waals surface area contributed by atoms with Crippen LogP contribution in [0.5, 0.6) is 0 Å². The summed E-state index contributed by atoms with van der Waals surface area (Å²) in [6, 6.07) is 19.8. The van der Waals surface area contributed by atoms with Crippen molar-refractivity contribution in [3.63, 3.8) is 0 Å². The zero-order valence-electron chi connectivity index (χ0n) is 21.4. The minimum atomic E-state index is -3.80. The number of nitrogens with one attached hydrogen (secondary N) is 1. The molecule has 1 N–H and O–H groups in total. The summed E-state index contributed by atoms with van der Waals surface area (Å²) in [5.74, 6) is -0.714. The van der Waals surface area contributed by atoms with E-state index >= 15 is 0 Å². The van der Waals surface area contributed by atoms with Crippen LogP contribution in [0.15, 0.2) is 66.7 Å². The predicted octanol–water partition coefficient (Wildman–Crippen LogP) is 4.25. The number of amides is 2. The van der Waals surface area contributed by atoms with E-state index in [0.717, 1.165) is 45.3 Å². The number of hydrogen-bond acceptors (Lipinski definition) is 4. The van der Waals surface area contributed by atoms with Crippen molar-refractivity contribution in [2.24, 2.45) is 0 Å². The van der Waals surface area contributed by atoms with Gasteiger partial charge in [-0.2, -0.15) is 0 Å². The number of rotatable bonds is 11. The molecule has 0 saturated carbocycles. The Kier molecular flexibility index (Phi) is 9.09. The largest absolute Gasteiger partial charge is 0.354 e. The Hall–Kier alpha value is -3.39. The van der Waals surface area contributed by atoms with Gasteiger partial charge in [-0.25, -0.2) is 8.42 Å². The lowest BCUT2D eigenvalue weighted by atomic mass is 10.1. The number of hydrogen-bond donors (Lipinski definition) is 1. The summed E-state index contributed by atoms with van der Waals surface area (Å²) < 4.78 is 26.9. The lowest BCUT2D eigenvalue weighted by molar-refractivity contribution is -0.139. The van der Waals surface area contributed by atoms with Gasteiger partial charge in [-0.05, 0) is 37.3 Å². The fraction of sp³-hybridized carbons (Fsp3) is 0.357. The third kappa shape index (κ3) is 6.85. The lowest BCUT2D eigenvalue weighted by Crippen LogP contribution is -2.51. The standard InChI is InChI=1S/C28H35N3O4S/c1-5-6-17-29-28(33)22(3)30(19-23-12-9-11-21(2)18-23)27(32)20-31(36(4,34)35)26-16-10-14-24-13-7-8-15-25(24)26/h7-16,18,22H,5-6,17,19-20H2,1-4H3,(H,29,33). The fourth-order valence-corrected chi connectivity index (χ4v) is 5.01. The average Bonchev–Trinajstić information content (AvgIpc) is 2.84. The van der Waals surface area contributed by atoms with E-state index in [0.29, 0.717) is 12.2 Å². The first-order chi connectivity index (χ1) is 17.1. The van der Waals surface area contributed by atoms with Gasteiger partial charge in [0.05, 0.1) is 11.9 Å². The number of fused-ring (bicyclic) bond motifs is 1. The molecule has 0 heterocycles. The lowest BCUT2D eigenvalue weighted by Gasteiger charge is -2.32. The first-order valence-electron chi connectivity index (χ1n) is 12.2. The molecule has 3 aromatic carbocycles. The SMILES string of the molecule is CCCCNC(=O)C(C)N(Cc1cccc(C)c1)C(=O)CN(c1cccc2ccccc12)S(C)(=O)=O. The molecule has 8 heteroatoms. The Morgan fingerprint density at radius 1 is 1.00 bits per heavy atom. The van der Waals surface area contributed by atoms with Crippen LogP contribution in [0.2, 0.25) is 0 Å². The van der Waals surface area contributed by atoms with Crippen LogP contribution in [0.25, 0.3) is 10.8 Å². The van der Waals surface area contributed by atoms with Crippen molar-refractivity contribution in [3.05, 3.63) is 77.9 Å². The Morgan fingerprint density at radius 2 is 1.69 bits per heavy atom. The molecule has 0 radical (unpaired) electrons. The molecule has 1 unspecified atom stereocenters. The van der Waals surface area contributed by atoms with Crippen LogP contribution in [-0.2, 0) is 26.2 Å².